The summed E-state index contributed by atoms with van der Waals surface area (Å²) in [4.78, 5) is 39.5. The van der Waals surface area contributed by atoms with Gasteiger partial charge in [-0.1, -0.05) is 30.3 Å². The van der Waals surface area contributed by atoms with Gasteiger partial charge in [-0.15, -0.1) is 0 Å². The van der Waals surface area contributed by atoms with Gasteiger partial charge in [-0.2, -0.15) is 0 Å². The van der Waals surface area contributed by atoms with Crippen LogP contribution < -0.4 is 16.4 Å². The van der Waals surface area contributed by atoms with Gasteiger partial charge in [-0.05, 0) is 66.9 Å². The number of hydrogen-bond acceptors (Lipinski definition) is 7. The summed E-state index contributed by atoms with van der Waals surface area (Å²) in [5, 5.41) is 5.15. The molecular formula is C29H32N4O6S. The van der Waals surface area contributed by atoms with Gasteiger partial charge >= 0.3 is 6.09 Å². The number of primary amides is 1. The number of anilines is 2. The second-order valence-corrected chi connectivity index (χ2v) is 12.4. The molecule has 0 radical (unpaired) electrons. The number of carbonyl (C=O) groups is 3. The van der Waals surface area contributed by atoms with Crippen molar-refractivity contribution in [3.05, 3.63) is 89.0 Å². The highest BCUT2D eigenvalue weighted by Crippen LogP contribution is 2.28. The minimum atomic E-state index is -3.70. The predicted molar refractivity (Wildman–Crippen MR) is 152 cm³/mol. The fourth-order valence-electron chi connectivity index (χ4n) is 4.37. The molecule has 2 heterocycles. The fourth-order valence-corrected chi connectivity index (χ4v) is 5.63. The monoisotopic (exact) mass is 564 g/mol. The molecule has 1 atom stereocenters. The predicted octanol–water partition coefficient (Wildman–Crippen LogP) is 3.88. The van der Waals surface area contributed by atoms with Gasteiger partial charge in [0.2, 0.25) is 11.8 Å². The van der Waals surface area contributed by atoms with Crippen molar-refractivity contribution in [1.82, 2.24) is 4.90 Å². The van der Waals surface area contributed by atoms with Crippen LogP contribution in [0.15, 0.2) is 71.6 Å². The maximum Gasteiger partial charge on any atom is 0.411 e. The van der Waals surface area contributed by atoms with E-state index in [1.54, 1.807) is 63.4 Å². The van der Waals surface area contributed by atoms with Crippen molar-refractivity contribution < 1.29 is 27.5 Å². The van der Waals surface area contributed by atoms with Gasteiger partial charge < -0.3 is 20.7 Å². The molecule has 3 amide bonds. The summed E-state index contributed by atoms with van der Waals surface area (Å²) >= 11 is 0. The number of nitrogens with zero attached hydrogens (tertiary/aromatic N) is 1. The molecule has 40 heavy (non-hydrogen) atoms. The molecule has 0 fully saturated rings. The molecule has 5 rings (SSSR count). The second kappa shape index (κ2) is 11.8. The van der Waals surface area contributed by atoms with E-state index in [1.165, 1.54) is 17.0 Å². The normalized spacial score (nSPS) is 16.4. The first-order valence-corrected chi connectivity index (χ1v) is 14.3. The third-order valence-corrected chi connectivity index (χ3v) is 8.91. The molecule has 2 aliphatic heterocycles. The van der Waals surface area contributed by atoms with E-state index in [-0.39, 0.29) is 29.5 Å². The van der Waals surface area contributed by atoms with Crippen LogP contribution in [0.25, 0.3) is 0 Å². The fraction of sp³-hybridized carbons (Fsp3) is 0.276. The summed E-state index contributed by atoms with van der Waals surface area (Å²) < 4.78 is 31.6. The number of nitrogens with one attached hydrogen (secondary N) is 2. The first-order chi connectivity index (χ1) is 19.0. The molecule has 3 aromatic carbocycles. The van der Waals surface area contributed by atoms with Crippen molar-refractivity contribution in [3.63, 3.8) is 0 Å². The Morgan fingerprint density at radius 2 is 1.80 bits per heavy atom. The van der Waals surface area contributed by atoms with E-state index in [0.29, 0.717) is 28.9 Å². The number of hydrogen-bond donors (Lipinski definition) is 3. The highest BCUT2D eigenvalue weighted by Gasteiger charge is 2.28. The van der Waals surface area contributed by atoms with Crippen molar-refractivity contribution >= 4 is 39.1 Å². The van der Waals surface area contributed by atoms with E-state index in [0.717, 1.165) is 5.56 Å². The number of nitrogens with two attached hydrogens (primary N) is 1. The van der Waals surface area contributed by atoms with Crippen molar-refractivity contribution in [2.45, 2.75) is 43.0 Å². The molecule has 0 spiro atoms. The number of carbonyl (C=O) groups excluding carboxylic acids is 3. The van der Waals surface area contributed by atoms with E-state index in [9.17, 15) is 22.8 Å². The van der Waals surface area contributed by atoms with Crippen LogP contribution in [-0.4, -0.2) is 50.1 Å². The number of sulfone groups is 1. The van der Waals surface area contributed by atoms with Gasteiger partial charge in [0.15, 0.2) is 9.84 Å². The van der Waals surface area contributed by atoms with Gasteiger partial charge in [0.05, 0.1) is 16.8 Å². The molecule has 11 heteroatoms. The molecule has 4 N–H and O–H groups in total. The zero-order valence-electron chi connectivity index (χ0n) is 22.5. The van der Waals surface area contributed by atoms with E-state index in [1.807, 2.05) is 12.1 Å². The Labute approximate surface area is 233 Å². The number of amides is 3. The van der Waals surface area contributed by atoms with E-state index < -0.39 is 33.1 Å². The Bertz CT molecular complexity index is 1540. The average Bonchev–Trinajstić information content (AvgIpc) is 2.91. The van der Waals surface area contributed by atoms with Crippen molar-refractivity contribution in [2.75, 3.05) is 24.3 Å². The summed E-state index contributed by atoms with van der Waals surface area (Å²) in [6.45, 7) is 3.24. The van der Waals surface area contributed by atoms with Crippen LogP contribution >= 0.6 is 0 Å². The minimum absolute atomic E-state index is 0.0533. The molecule has 4 bridgehead atoms. The van der Waals surface area contributed by atoms with Crippen LogP contribution in [0.2, 0.25) is 0 Å². The Kier molecular flexibility index (Phi) is 8.43. The quantitative estimate of drug-likeness (QED) is 0.426. The van der Waals surface area contributed by atoms with Crippen LogP contribution in [0.3, 0.4) is 0 Å². The Balaban J connectivity index is 1.78. The van der Waals surface area contributed by atoms with Gasteiger partial charge in [0.25, 0.3) is 0 Å². The summed E-state index contributed by atoms with van der Waals surface area (Å²) in [6.07, 6.45) is -0.210. The third kappa shape index (κ3) is 6.42. The maximum atomic E-state index is 13.9. The average molecular weight is 565 g/mol. The Morgan fingerprint density at radius 3 is 2.48 bits per heavy atom. The molecule has 10 nitrogen and oxygen atoms in total. The largest absolute Gasteiger partial charge is 0.449 e. The van der Waals surface area contributed by atoms with Gasteiger partial charge in [-0.25, -0.2) is 13.2 Å². The SMILES string of the molecule is CC(C)S(=O)(=O)c1ccc2cc1CN(C)C(=O)C(Nc1cccc(C(N)=O)c1)c1ccc(cc1)CCOC(=O)N2. The van der Waals surface area contributed by atoms with Crippen LogP contribution in [0, 0.1) is 0 Å². The molecule has 0 aliphatic carbocycles. The minimum Gasteiger partial charge on any atom is -0.449 e. The molecule has 0 saturated heterocycles. The van der Waals surface area contributed by atoms with Gasteiger partial charge in [-0.3, -0.25) is 14.9 Å². The maximum absolute atomic E-state index is 13.9. The highest BCUT2D eigenvalue weighted by atomic mass is 32.2. The lowest BCUT2D eigenvalue weighted by Crippen LogP contribution is -2.35. The van der Waals surface area contributed by atoms with Crippen LogP contribution in [-0.2, 0) is 32.3 Å². The summed E-state index contributed by atoms with van der Waals surface area (Å²) in [7, 11) is -2.12. The lowest BCUT2D eigenvalue weighted by atomic mass is 10.0. The lowest BCUT2D eigenvalue weighted by Gasteiger charge is -2.27. The number of likely N-dealkylation sites (N-methyl/N-ethyl adjacent to an activating group) is 1. The topological polar surface area (TPSA) is 148 Å². The van der Waals surface area contributed by atoms with Gasteiger partial charge in [0.1, 0.15) is 6.04 Å². The smallest absolute Gasteiger partial charge is 0.411 e. The van der Waals surface area contributed by atoms with Crippen LogP contribution in [0.5, 0.6) is 0 Å². The van der Waals surface area contributed by atoms with E-state index >= 15 is 0 Å². The molecule has 210 valence electrons. The van der Waals surface area contributed by atoms with Crippen molar-refractivity contribution in [2.24, 2.45) is 5.73 Å². The first-order valence-electron chi connectivity index (χ1n) is 12.8. The number of ether oxygens (including phenoxy) is 1. The van der Waals surface area contributed by atoms with Crippen LogP contribution in [0.1, 0.15) is 46.9 Å². The number of fused-ring (bicyclic) bond motifs is 9. The lowest BCUT2D eigenvalue weighted by molar-refractivity contribution is -0.131. The number of rotatable bonds is 5. The zero-order valence-corrected chi connectivity index (χ0v) is 23.3. The zero-order chi connectivity index (χ0) is 29.0. The molecule has 1 unspecified atom stereocenters. The first kappa shape index (κ1) is 28.6. The summed E-state index contributed by atoms with van der Waals surface area (Å²) in [6, 6.07) is 17.5. The highest BCUT2D eigenvalue weighted by molar-refractivity contribution is 7.92. The molecule has 3 aromatic rings. The van der Waals surface area contributed by atoms with Crippen LogP contribution in [0.4, 0.5) is 16.2 Å². The van der Waals surface area contributed by atoms with Crippen molar-refractivity contribution in [3.8, 4) is 0 Å². The molecule has 2 aliphatic rings. The Morgan fingerprint density at radius 1 is 1.07 bits per heavy atom. The molecule has 0 saturated carbocycles. The van der Waals surface area contributed by atoms with E-state index in [2.05, 4.69) is 10.6 Å². The Hall–Kier alpha value is -4.38. The standard InChI is InChI=1S/C29H32N4O6S/c1-18(2)40(37,38)25-12-11-24-16-22(25)17-33(3)28(35)26(31-23-6-4-5-21(15-23)27(30)34)20-9-7-19(8-10-20)13-14-39-29(36)32-24/h4-12,15-16,18,26,31H,13-14,17H2,1-3H3,(H2,30,34)(H,32,36). The summed E-state index contributed by atoms with van der Waals surface area (Å²) in [5.41, 5.74) is 8.50. The molecular weight excluding hydrogens is 532 g/mol. The van der Waals surface area contributed by atoms with Gasteiger partial charge in [0, 0.05) is 37.0 Å². The molecule has 0 aromatic heterocycles. The second-order valence-electron chi connectivity index (χ2n) is 9.89. The third-order valence-electron chi connectivity index (χ3n) is 6.66. The van der Waals surface area contributed by atoms with Crippen molar-refractivity contribution in [1.29, 1.82) is 0 Å². The summed E-state index contributed by atoms with van der Waals surface area (Å²) in [5.74, 6) is -0.933. The number of benzene rings is 3. The van der Waals surface area contributed by atoms with E-state index in [4.69, 9.17) is 10.5 Å².